The molecule has 1 aliphatic heterocycles. The Morgan fingerprint density at radius 2 is 2.11 bits per heavy atom. The van der Waals surface area contributed by atoms with E-state index in [0.29, 0.717) is 5.75 Å². The Hall–Kier alpha value is -1.67. The molecule has 1 N–H and O–H groups in total. The molecule has 27 heavy (non-hydrogen) atoms. The Balaban J connectivity index is 1.31. The third kappa shape index (κ3) is 4.79. The second-order valence-corrected chi connectivity index (χ2v) is 8.96. The van der Waals surface area contributed by atoms with Crippen molar-refractivity contribution in [2.24, 2.45) is 0 Å². The third-order valence-corrected chi connectivity index (χ3v) is 7.25. The van der Waals surface area contributed by atoms with Gasteiger partial charge in [0.25, 0.3) is 0 Å². The molecule has 0 bridgehead atoms. The molecule has 0 atom stereocenters. The van der Waals surface area contributed by atoms with Gasteiger partial charge in [0.05, 0.1) is 5.75 Å². The van der Waals surface area contributed by atoms with E-state index in [9.17, 15) is 4.79 Å². The summed E-state index contributed by atoms with van der Waals surface area (Å²) in [4.78, 5) is 27.9. The van der Waals surface area contributed by atoms with Crippen molar-refractivity contribution in [2.75, 3.05) is 30.3 Å². The lowest BCUT2D eigenvalue weighted by atomic mass is 9.97. The van der Waals surface area contributed by atoms with Gasteiger partial charge in [-0.3, -0.25) is 4.79 Å². The molecule has 144 valence electrons. The van der Waals surface area contributed by atoms with Crippen LogP contribution in [0.25, 0.3) is 10.3 Å². The topological polar surface area (TPSA) is 71.0 Å². The fraction of sp³-hybridized carbons (Fsp3) is 0.579. The number of allylic oxidation sites excluding steroid dienone is 1. The van der Waals surface area contributed by atoms with E-state index in [1.54, 1.807) is 17.7 Å². The quantitative estimate of drug-likeness (QED) is 0.431. The van der Waals surface area contributed by atoms with Crippen molar-refractivity contribution >= 4 is 44.5 Å². The minimum absolute atomic E-state index is 0.0625. The smallest absolute Gasteiger partial charge is 0.230 e. The molecule has 8 heteroatoms. The molecule has 3 heterocycles. The van der Waals surface area contributed by atoms with E-state index in [0.717, 1.165) is 46.6 Å². The van der Waals surface area contributed by atoms with E-state index in [1.807, 2.05) is 0 Å². The number of aromatic nitrogens is 3. The minimum Gasteiger partial charge on any atom is -0.355 e. The summed E-state index contributed by atoms with van der Waals surface area (Å²) in [7, 11) is 0. The molecule has 4 rings (SSSR count). The molecule has 1 aliphatic carbocycles. The van der Waals surface area contributed by atoms with Gasteiger partial charge in [-0.15, -0.1) is 0 Å². The van der Waals surface area contributed by atoms with Crippen LogP contribution in [0.5, 0.6) is 0 Å². The molecule has 2 aromatic rings. The average molecular weight is 404 g/mol. The summed E-state index contributed by atoms with van der Waals surface area (Å²) in [6.45, 7) is 2.85. The summed E-state index contributed by atoms with van der Waals surface area (Å²) in [6, 6.07) is 0. The van der Waals surface area contributed by atoms with E-state index in [4.69, 9.17) is 0 Å². The highest BCUT2D eigenvalue weighted by molar-refractivity contribution is 8.00. The van der Waals surface area contributed by atoms with Gasteiger partial charge in [-0.05, 0) is 44.9 Å². The molecule has 2 aromatic heterocycles. The predicted octanol–water partition coefficient (Wildman–Crippen LogP) is 3.79. The summed E-state index contributed by atoms with van der Waals surface area (Å²) < 4.78 is 0.990. The van der Waals surface area contributed by atoms with Crippen LogP contribution in [0.4, 0.5) is 5.13 Å². The lowest BCUT2D eigenvalue weighted by Crippen LogP contribution is -2.26. The van der Waals surface area contributed by atoms with Gasteiger partial charge >= 0.3 is 0 Å². The standard InChI is InChI=1S/C19H25N5OS2/c25-15(20-9-8-14-6-2-1-3-7-14)12-26-18-16-17(21-13-22-18)23-19(27-16)24-10-4-5-11-24/h6,13H,1-5,7-12H2,(H,20,25). The third-order valence-electron chi connectivity index (χ3n) is 5.02. The molecule has 1 fully saturated rings. The molecule has 2 aliphatic rings. The van der Waals surface area contributed by atoms with Gasteiger partial charge < -0.3 is 10.2 Å². The predicted molar refractivity (Wildman–Crippen MR) is 112 cm³/mol. The van der Waals surface area contributed by atoms with Crippen LogP contribution in [0.15, 0.2) is 23.0 Å². The number of carbonyl (C=O) groups excluding carboxylic acids is 1. The molecule has 1 amide bonds. The molecule has 6 nitrogen and oxygen atoms in total. The van der Waals surface area contributed by atoms with Gasteiger partial charge in [-0.2, -0.15) is 4.98 Å². The van der Waals surface area contributed by atoms with Crippen LogP contribution in [0, 0.1) is 0 Å². The van der Waals surface area contributed by atoms with Crippen LogP contribution >= 0.6 is 23.1 Å². The van der Waals surface area contributed by atoms with E-state index in [1.165, 1.54) is 55.9 Å². The molecule has 0 saturated carbocycles. The first kappa shape index (κ1) is 18.7. The van der Waals surface area contributed by atoms with Crippen molar-refractivity contribution in [2.45, 2.75) is 50.0 Å². The van der Waals surface area contributed by atoms with Crippen molar-refractivity contribution in [3.8, 4) is 0 Å². The Morgan fingerprint density at radius 3 is 2.93 bits per heavy atom. The van der Waals surface area contributed by atoms with Crippen molar-refractivity contribution < 1.29 is 4.79 Å². The number of anilines is 1. The first-order chi connectivity index (χ1) is 13.3. The molecular weight excluding hydrogens is 378 g/mol. The van der Waals surface area contributed by atoms with E-state index in [-0.39, 0.29) is 5.91 Å². The van der Waals surface area contributed by atoms with Crippen molar-refractivity contribution in [3.05, 3.63) is 18.0 Å². The van der Waals surface area contributed by atoms with Gasteiger partial charge in [-0.1, -0.05) is 34.7 Å². The van der Waals surface area contributed by atoms with Crippen LogP contribution in [-0.2, 0) is 4.79 Å². The SMILES string of the molecule is O=C(CSc1ncnc2nc(N3CCCC3)sc12)NCCC1=CCCCC1. The Kier molecular flexibility index (Phi) is 6.24. The highest BCUT2D eigenvalue weighted by atomic mass is 32.2. The molecule has 0 unspecified atom stereocenters. The van der Waals surface area contributed by atoms with E-state index < -0.39 is 0 Å². The number of nitrogens with one attached hydrogen (secondary N) is 1. The number of carbonyl (C=O) groups is 1. The van der Waals surface area contributed by atoms with Gasteiger partial charge in [0.1, 0.15) is 16.1 Å². The van der Waals surface area contributed by atoms with Crippen LogP contribution in [0.2, 0.25) is 0 Å². The summed E-state index contributed by atoms with van der Waals surface area (Å²) in [6.07, 6.45) is 12.3. The number of hydrogen-bond donors (Lipinski definition) is 1. The molecule has 0 radical (unpaired) electrons. The number of hydrogen-bond acceptors (Lipinski definition) is 7. The molecule has 1 saturated heterocycles. The fourth-order valence-electron chi connectivity index (χ4n) is 3.55. The van der Waals surface area contributed by atoms with Crippen LogP contribution in [-0.4, -0.2) is 46.2 Å². The van der Waals surface area contributed by atoms with E-state index in [2.05, 4.69) is 31.2 Å². The summed E-state index contributed by atoms with van der Waals surface area (Å²) in [5.74, 6) is 0.440. The van der Waals surface area contributed by atoms with Gasteiger partial charge in [0, 0.05) is 19.6 Å². The maximum absolute atomic E-state index is 12.2. The number of amides is 1. The summed E-state index contributed by atoms with van der Waals surface area (Å²) in [5, 5.41) is 4.91. The van der Waals surface area contributed by atoms with Gasteiger partial charge in [-0.25, -0.2) is 9.97 Å². The average Bonchev–Trinajstić information content (AvgIpc) is 3.36. The zero-order valence-corrected chi connectivity index (χ0v) is 17.1. The number of fused-ring (bicyclic) bond motifs is 1. The number of thiazole rings is 1. The lowest BCUT2D eigenvalue weighted by Gasteiger charge is -2.12. The monoisotopic (exact) mass is 403 g/mol. The molecular formula is C19H25N5OS2. The first-order valence-electron chi connectivity index (χ1n) is 9.73. The van der Waals surface area contributed by atoms with Crippen LogP contribution in [0.1, 0.15) is 44.9 Å². The first-order valence-corrected chi connectivity index (χ1v) is 11.5. The van der Waals surface area contributed by atoms with Crippen LogP contribution < -0.4 is 10.2 Å². The Morgan fingerprint density at radius 1 is 1.22 bits per heavy atom. The second-order valence-electron chi connectivity index (χ2n) is 7.02. The van der Waals surface area contributed by atoms with Gasteiger partial charge in [0.2, 0.25) is 5.91 Å². The fourth-order valence-corrected chi connectivity index (χ4v) is 5.52. The highest BCUT2D eigenvalue weighted by Gasteiger charge is 2.19. The lowest BCUT2D eigenvalue weighted by molar-refractivity contribution is -0.118. The minimum atomic E-state index is 0.0625. The normalized spacial score (nSPS) is 17.3. The summed E-state index contributed by atoms with van der Waals surface area (Å²) in [5.41, 5.74) is 2.23. The second kappa shape index (κ2) is 9.01. The zero-order chi connectivity index (χ0) is 18.5. The number of nitrogens with zero attached hydrogens (tertiary/aromatic N) is 4. The van der Waals surface area contributed by atoms with Crippen molar-refractivity contribution in [1.29, 1.82) is 0 Å². The molecule has 0 spiro atoms. The Labute approximate surface area is 167 Å². The van der Waals surface area contributed by atoms with Crippen LogP contribution in [0.3, 0.4) is 0 Å². The van der Waals surface area contributed by atoms with E-state index >= 15 is 0 Å². The molecule has 0 aromatic carbocycles. The highest BCUT2D eigenvalue weighted by Crippen LogP contribution is 2.34. The zero-order valence-electron chi connectivity index (χ0n) is 15.4. The number of rotatable bonds is 7. The Bertz CT molecular complexity index is 829. The van der Waals surface area contributed by atoms with Crippen molar-refractivity contribution in [3.63, 3.8) is 0 Å². The summed E-state index contributed by atoms with van der Waals surface area (Å²) >= 11 is 3.11. The van der Waals surface area contributed by atoms with Gasteiger partial charge in [0.15, 0.2) is 10.8 Å². The van der Waals surface area contributed by atoms with Crippen molar-refractivity contribution in [1.82, 2.24) is 20.3 Å². The number of thioether (sulfide) groups is 1. The maximum Gasteiger partial charge on any atom is 0.230 e. The maximum atomic E-state index is 12.2. The largest absolute Gasteiger partial charge is 0.355 e.